The van der Waals surface area contributed by atoms with E-state index in [1.807, 2.05) is 6.07 Å². The molecule has 0 radical (unpaired) electrons. The lowest BCUT2D eigenvalue weighted by atomic mass is 10.1. The summed E-state index contributed by atoms with van der Waals surface area (Å²) in [6, 6.07) is 4.11. The molecule has 0 fully saturated rings. The summed E-state index contributed by atoms with van der Waals surface area (Å²) in [4.78, 5) is 0. The molecule has 0 aromatic heterocycles. The Kier molecular flexibility index (Phi) is 6.41. The highest BCUT2D eigenvalue weighted by Gasteiger charge is 2.07. The summed E-state index contributed by atoms with van der Waals surface area (Å²) in [5.41, 5.74) is 2.33. The maximum absolute atomic E-state index is 5.39. The van der Waals surface area contributed by atoms with Crippen molar-refractivity contribution < 1.29 is 4.74 Å². The van der Waals surface area contributed by atoms with Crippen molar-refractivity contribution in [1.29, 1.82) is 0 Å². The Morgan fingerprint density at radius 3 is 2.65 bits per heavy atom. The zero-order valence-electron chi connectivity index (χ0n) is 11.0. The third-order valence-electron chi connectivity index (χ3n) is 2.82. The molecule has 0 heterocycles. The summed E-state index contributed by atoms with van der Waals surface area (Å²) in [7, 11) is 1.71. The van der Waals surface area contributed by atoms with Gasteiger partial charge in [0.05, 0.1) is 12.8 Å². The van der Waals surface area contributed by atoms with E-state index in [0.717, 1.165) is 22.5 Å². The van der Waals surface area contributed by atoms with Crippen molar-refractivity contribution in [1.82, 2.24) is 0 Å². The lowest BCUT2D eigenvalue weighted by molar-refractivity contribution is 0.416. The summed E-state index contributed by atoms with van der Waals surface area (Å²) >= 11 is 3.48. The van der Waals surface area contributed by atoms with E-state index >= 15 is 0 Å². The monoisotopic (exact) mass is 299 g/mol. The Bertz CT molecular complexity index is 352. The number of anilines is 1. The zero-order chi connectivity index (χ0) is 12.7. The molecule has 0 aliphatic rings. The van der Waals surface area contributed by atoms with Gasteiger partial charge < -0.3 is 10.1 Å². The van der Waals surface area contributed by atoms with Crippen LogP contribution >= 0.6 is 15.9 Å². The number of methoxy groups -OCH3 is 1. The largest absolute Gasteiger partial charge is 0.495 e. The van der Waals surface area contributed by atoms with Crippen LogP contribution in [0.25, 0.3) is 0 Å². The van der Waals surface area contributed by atoms with Crippen molar-refractivity contribution in [2.24, 2.45) is 0 Å². The molecule has 0 amide bonds. The summed E-state index contributed by atoms with van der Waals surface area (Å²) in [5, 5.41) is 3.47. The van der Waals surface area contributed by atoms with Crippen LogP contribution in [0.3, 0.4) is 0 Å². The van der Waals surface area contributed by atoms with Gasteiger partial charge in [-0.1, -0.05) is 42.1 Å². The number of unbranched alkanes of at least 4 members (excludes halogenated alkanes) is 3. The lowest BCUT2D eigenvalue weighted by Gasteiger charge is -2.14. The van der Waals surface area contributed by atoms with Gasteiger partial charge in [-0.15, -0.1) is 0 Å². The molecule has 0 atom stereocenters. The molecule has 1 N–H and O–H groups in total. The Labute approximate surface area is 113 Å². The minimum Gasteiger partial charge on any atom is -0.495 e. The molecule has 1 rings (SSSR count). The van der Waals surface area contributed by atoms with Gasteiger partial charge >= 0.3 is 0 Å². The molecule has 1 aromatic carbocycles. The number of ether oxygens (including phenoxy) is 1. The molecule has 96 valence electrons. The Hall–Kier alpha value is -0.700. The van der Waals surface area contributed by atoms with Gasteiger partial charge in [0.15, 0.2) is 0 Å². The lowest BCUT2D eigenvalue weighted by Crippen LogP contribution is -2.05. The van der Waals surface area contributed by atoms with Crippen molar-refractivity contribution >= 4 is 21.6 Å². The fraction of sp³-hybridized carbons (Fsp3) is 0.571. The van der Waals surface area contributed by atoms with E-state index in [1.54, 1.807) is 7.11 Å². The fourth-order valence-corrected chi connectivity index (χ4v) is 2.42. The van der Waals surface area contributed by atoms with Crippen LogP contribution in [0.5, 0.6) is 5.75 Å². The minimum absolute atomic E-state index is 0.910. The Balaban J connectivity index is 2.57. The smallest absolute Gasteiger partial charge is 0.143 e. The second kappa shape index (κ2) is 7.59. The van der Waals surface area contributed by atoms with Crippen molar-refractivity contribution in [3.63, 3.8) is 0 Å². The minimum atomic E-state index is 0.910. The van der Waals surface area contributed by atoms with E-state index in [9.17, 15) is 0 Å². The molecular formula is C14H22BrNO. The van der Waals surface area contributed by atoms with Gasteiger partial charge in [0.25, 0.3) is 0 Å². The van der Waals surface area contributed by atoms with Gasteiger partial charge in [0.2, 0.25) is 0 Å². The molecule has 17 heavy (non-hydrogen) atoms. The van der Waals surface area contributed by atoms with E-state index in [0.29, 0.717) is 0 Å². The SMILES string of the molecule is CCCCCCNc1c(C)cc(Br)cc1OC. The summed E-state index contributed by atoms with van der Waals surface area (Å²) < 4.78 is 6.45. The van der Waals surface area contributed by atoms with Crippen molar-refractivity contribution in [2.75, 3.05) is 19.0 Å². The maximum Gasteiger partial charge on any atom is 0.143 e. The van der Waals surface area contributed by atoms with Gasteiger partial charge in [-0.05, 0) is 31.0 Å². The van der Waals surface area contributed by atoms with Crippen molar-refractivity contribution in [3.8, 4) is 5.75 Å². The van der Waals surface area contributed by atoms with Crippen LogP contribution < -0.4 is 10.1 Å². The van der Waals surface area contributed by atoms with E-state index in [2.05, 4.69) is 41.2 Å². The van der Waals surface area contributed by atoms with Crippen LogP contribution in [0.4, 0.5) is 5.69 Å². The molecule has 0 unspecified atom stereocenters. The second-order valence-electron chi connectivity index (χ2n) is 4.29. The molecular weight excluding hydrogens is 278 g/mol. The first kappa shape index (κ1) is 14.4. The van der Waals surface area contributed by atoms with Crippen molar-refractivity contribution in [2.45, 2.75) is 39.5 Å². The predicted octanol–water partition coefficient (Wildman–Crippen LogP) is 4.76. The highest BCUT2D eigenvalue weighted by molar-refractivity contribution is 9.10. The molecule has 0 bridgehead atoms. The number of hydrogen-bond donors (Lipinski definition) is 1. The summed E-state index contributed by atoms with van der Waals surface area (Å²) in [6.45, 7) is 5.34. The summed E-state index contributed by atoms with van der Waals surface area (Å²) in [6.07, 6.45) is 5.10. The third kappa shape index (κ3) is 4.58. The topological polar surface area (TPSA) is 21.3 Å². The number of hydrogen-bond acceptors (Lipinski definition) is 2. The third-order valence-corrected chi connectivity index (χ3v) is 3.27. The van der Waals surface area contributed by atoms with Gasteiger partial charge in [0.1, 0.15) is 5.75 Å². The van der Waals surface area contributed by atoms with Gasteiger partial charge in [-0.3, -0.25) is 0 Å². The number of rotatable bonds is 7. The van der Waals surface area contributed by atoms with E-state index in [1.165, 1.54) is 31.2 Å². The number of aryl methyl sites for hydroxylation is 1. The zero-order valence-corrected chi connectivity index (χ0v) is 12.6. The molecule has 1 aromatic rings. The second-order valence-corrected chi connectivity index (χ2v) is 5.20. The first-order chi connectivity index (χ1) is 8.19. The summed E-state index contributed by atoms with van der Waals surface area (Å²) in [5.74, 6) is 0.910. The predicted molar refractivity (Wildman–Crippen MR) is 78.1 cm³/mol. The quantitative estimate of drug-likeness (QED) is 0.733. The Morgan fingerprint density at radius 2 is 2.00 bits per heavy atom. The first-order valence-electron chi connectivity index (χ1n) is 6.27. The maximum atomic E-state index is 5.39. The first-order valence-corrected chi connectivity index (χ1v) is 7.06. The number of benzene rings is 1. The van der Waals surface area contributed by atoms with Gasteiger partial charge in [0, 0.05) is 11.0 Å². The van der Waals surface area contributed by atoms with E-state index < -0.39 is 0 Å². The van der Waals surface area contributed by atoms with E-state index in [4.69, 9.17) is 4.74 Å². The standard InChI is InChI=1S/C14H22BrNO/c1-4-5-6-7-8-16-14-11(2)9-12(15)10-13(14)17-3/h9-10,16H,4-8H2,1-3H3. The molecule has 0 aliphatic carbocycles. The number of nitrogens with one attached hydrogen (secondary N) is 1. The molecule has 0 saturated carbocycles. The number of halogens is 1. The highest BCUT2D eigenvalue weighted by Crippen LogP contribution is 2.31. The van der Waals surface area contributed by atoms with Crippen LogP contribution in [0, 0.1) is 6.92 Å². The van der Waals surface area contributed by atoms with Crippen molar-refractivity contribution in [3.05, 3.63) is 22.2 Å². The van der Waals surface area contributed by atoms with Crippen LogP contribution in [0.15, 0.2) is 16.6 Å². The normalized spacial score (nSPS) is 10.4. The van der Waals surface area contributed by atoms with Crippen LogP contribution in [-0.2, 0) is 0 Å². The highest BCUT2D eigenvalue weighted by atomic mass is 79.9. The van der Waals surface area contributed by atoms with Gasteiger partial charge in [-0.2, -0.15) is 0 Å². The van der Waals surface area contributed by atoms with E-state index in [-0.39, 0.29) is 0 Å². The molecule has 0 spiro atoms. The molecule has 0 aliphatic heterocycles. The molecule has 2 nitrogen and oxygen atoms in total. The van der Waals surface area contributed by atoms with Crippen LogP contribution in [0.2, 0.25) is 0 Å². The average Bonchev–Trinajstić information content (AvgIpc) is 2.30. The average molecular weight is 300 g/mol. The molecule has 0 saturated heterocycles. The molecule has 3 heteroatoms. The van der Waals surface area contributed by atoms with Crippen LogP contribution in [0.1, 0.15) is 38.2 Å². The van der Waals surface area contributed by atoms with Gasteiger partial charge in [-0.25, -0.2) is 0 Å². The van der Waals surface area contributed by atoms with Crippen LogP contribution in [-0.4, -0.2) is 13.7 Å². The fourth-order valence-electron chi connectivity index (χ4n) is 1.87. The Morgan fingerprint density at radius 1 is 1.24 bits per heavy atom.